The van der Waals surface area contributed by atoms with Crippen LogP contribution in [0.25, 0.3) is 11.4 Å². The maximum Gasteiger partial charge on any atom is 0.270 e. The van der Waals surface area contributed by atoms with Crippen molar-refractivity contribution in [1.82, 2.24) is 15.2 Å². The van der Waals surface area contributed by atoms with E-state index in [0.717, 1.165) is 18.2 Å². The molecule has 1 fully saturated rings. The predicted octanol–water partition coefficient (Wildman–Crippen LogP) is 4.24. The van der Waals surface area contributed by atoms with Crippen LogP contribution in [0.3, 0.4) is 0 Å². The van der Waals surface area contributed by atoms with Gasteiger partial charge < -0.3 is 0 Å². The third kappa shape index (κ3) is 3.47. The Hall–Kier alpha value is -2.24. The Morgan fingerprint density at radius 3 is 2.62 bits per heavy atom. The minimum absolute atomic E-state index is 0.0577. The van der Waals surface area contributed by atoms with E-state index < -0.39 is 4.92 Å². The molecule has 2 atom stereocenters. The fourth-order valence-corrected chi connectivity index (χ4v) is 4.18. The molecule has 6 nitrogen and oxygen atoms in total. The fraction of sp³-hybridized carbons (Fsp3) is 0.556. The highest BCUT2D eigenvalue weighted by Crippen LogP contribution is 2.39. The van der Waals surface area contributed by atoms with Gasteiger partial charge in [-0.05, 0) is 36.5 Å². The number of non-ortho nitro benzene ring substituents is 1. The Morgan fingerprint density at radius 2 is 1.96 bits per heavy atom. The van der Waals surface area contributed by atoms with Crippen LogP contribution in [-0.2, 0) is 6.42 Å². The van der Waals surface area contributed by atoms with Crippen molar-refractivity contribution in [3.8, 4) is 11.4 Å². The van der Waals surface area contributed by atoms with E-state index >= 15 is 0 Å². The standard InChI is InChI=1S/C18H24N4O2/c1-11-7-12(2)16(13(3)8-11)10-17-19-18(21-20-17)14-5-4-6-15(9-14)22(23)24/h4-6,9,11-13,16H,7-8,10H2,1-3H3,(H,19,20,21). The molecule has 1 aromatic carbocycles. The topological polar surface area (TPSA) is 84.7 Å². The van der Waals surface area contributed by atoms with Crippen LogP contribution >= 0.6 is 0 Å². The molecule has 2 aromatic rings. The van der Waals surface area contributed by atoms with Crippen molar-refractivity contribution < 1.29 is 4.92 Å². The van der Waals surface area contributed by atoms with Gasteiger partial charge >= 0.3 is 0 Å². The minimum atomic E-state index is -0.399. The van der Waals surface area contributed by atoms with E-state index in [9.17, 15) is 10.1 Å². The van der Waals surface area contributed by atoms with Gasteiger partial charge in [-0.2, -0.15) is 5.10 Å². The number of aromatic amines is 1. The summed E-state index contributed by atoms with van der Waals surface area (Å²) in [7, 11) is 0. The van der Waals surface area contributed by atoms with E-state index in [1.54, 1.807) is 12.1 Å². The van der Waals surface area contributed by atoms with Gasteiger partial charge in [0.05, 0.1) is 4.92 Å². The smallest absolute Gasteiger partial charge is 0.263 e. The number of hydrogen-bond acceptors (Lipinski definition) is 4. The van der Waals surface area contributed by atoms with E-state index in [-0.39, 0.29) is 5.69 Å². The first kappa shape index (κ1) is 16.6. The summed E-state index contributed by atoms with van der Waals surface area (Å²) in [6.07, 6.45) is 3.42. The number of nitrogens with one attached hydrogen (secondary N) is 1. The van der Waals surface area contributed by atoms with Gasteiger partial charge in [-0.25, -0.2) is 4.98 Å². The van der Waals surface area contributed by atoms with Crippen LogP contribution in [-0.4, -0.2) is 20.1 Å². The number of H-pyrrole nitrogens is 1. The first-order valence-corrected chi connectivity index (χ1v) is 8.60. The number of aromatic nitrogens is 3. The molecule has 0 saturated heterocycles. The molecule has 3 rings (SSSR count). The number of benzene rings is 1. The molecule has 24 heavy (non-hydrogen) atoms. The maximum atomic E-state index is 10.9. The van der Waals surface area contributed by atoms with Crippen molar-refractivity contribution in [2.45, 2.75) is 40.0 Å². The van der Waals surface area contributed by atoms with Crippen LogP contribution in [0.15, 0.2) is 24.3 Å². The zero-order valence-electron chi connectivity index (χ0n) is 14.4. The lowest BCUT2D eigenvalue weighted by molar-refractivity contribution is -0.384. The minimum Gasteiger partial charge on any atom is -0.263 e. The number of rotatable bonds is 4. The zero-order valence-corrected chi connectivity index (χ0v) is 14.4. The average molecular weight is 328 g/mol. The summed E-state index contributed by atoms with van der Waals surface area (Å²) >= 11 is 0. The summed E-state index contributed by atoms with van der Waals surface area (Å²) in [6.45, 7) is 6.99. The van der Waals surface area contributed by atoms with Gasteiger partial charge in [-0.15, -0.1) is 0 Å². The molecular weight excluding hydrogens is 304 g/mol. The molecule has 2 unspecified atom stereocenters. The lowest BCUT2D eigenvalue weighted by Crippen LogP contribution is -2.30. The highest BCUT2D eigenvalue weighted by atomic mass is 16.6. The largest absolute Gasteiger partial charge is 0.270 e. The Kier molecular flexibility index (Phi) is 4.64. The number of nitrogens with zero attached hydrogens (tertiary/aromatic N) is 3. The third-order valence-corrected chi connectivity index (χ3v) is 5.29. The highest BCUT2D eigenvalue weighted by Gasteiger charge is 2.32. The molecule has 128 valence electrons. The molecule has 0 spiro atoms. The molecule has 0 aliphatic heterocycles. The molecule has 0 amide bonds. The summed E-state index contributed by atoms with van der Waals surface area (Å²) in [5, 5.41) is 18.2. The fourth-order valence-electron chi connectivity index (χ4n) is 4.18. The van der Waals surface area contributed by atoms with Crippen molar-refractivity contribution in [3.63, 3.8) is 0 Å². The first-order valence-electron chi connectivity index (χ1n) is 8.60. The highest BCUT2D eigenvalue weighted by molar-refractivity contribution is 5.58. The maximum absolute atomic E-state index is 10.9. The quantitative estimate of drug-likeness (QED) is 0.672. The van der Waals surface area contributed by atoms with Gasteiger partial charge in [0.25, 0.3) is 5.69 Å². The van der Waals surface area contributed by atoms with Gasteiger partial charge in [0.15, 0.2) is 5.82 Å². The second-order valence-electron chi connectivity index (χ2n) is 7.31. The molecular formula is C18H24N4O2. The van der Waals surface area contributed by atoms with Crippen LogP contribution in [0, 0.1) is 33.8 Å². The molecule has 0 radical (unpaired) electrons. The number of hydrogen-bond donors (Lipinski definition) is 1. The van der Waals surface area contributed by atoms with Crippen molar-refractivity contribution in [1.29, 1.82) is 0 Å². The van der Waals surface area contributed by atoms with Crippen LogP contribution < -0.4 is 0 Å². The lowest BCUT2D eigenvalue weighted by atomic mass is 9.68. The average Bonchev–Trinajstić information content (AvgIpc) is 2.99. The van der Waals surface area contributed by atoms with E-state index in [4.69, 9.17) is 0 Å². The van der Waals surface area contributed by atoms with E-state index in [2.05, 4.69) is 36.0 Å². The molecule has 1 heterocycles. The Labute approximate surface area is 141 Å². The predicted molar refractivity (Wildman–Crippen MR) is 92.4 cm³/mol. The van der Waals surface area contributed by atoms with Gasteiger partial charge in [-0.3, -0.25) is 15.2 Å². The molecule has 6 heteroatoms. The SMILES string of the molecule is CC1CC(C)C(Cc2nc(-c3cccc([N+](=O)[O-])c3)n[nH]2)C(C)C1. The van der Waals surface area contributed by atoms with Crippen molar-refractivity contribution >= 4 is 5.69 Å². The third-order valence-electron chi connectivity index (χ3n) is 5.29. The van der Waals surface area contributed by atoms with Crippen molar-refractivity contribution in [3.05, 3.63) is 40.2 Å². The van der Waals surface area contributed by atoms with Gasteiger partial charge in [0, 0.05) is 24.1 Å². The number of nitro groups is 1. The zero-order chi connectivity index (χ0) is 17.3. The molecule has 0 bridgehead atoms. The molecule has 1 saturated carbocycles. The summed E-state index contributed by atoms with van der Waals surface area (Å²) in [6, 6.07) is 6.45. The summed E-state index contributed by atoms with van der Waals surface area (Å²) in [4.78, 5) is 15.1. The Bertz CT molecular complexity index is 715. The summed E-state index contributed by atoms with van der Waals surface area (Å²) in [5.41, 5.74) is 0.729. The van der Waals surface area contributed by atoms with Gasteiger partial charge in [0.2, 0.25) is 0 Å². The lowest BCUT2D eigenvalue weighted by Gasteiger charge is -2.37. The summed E-state index contributed by atoms with van der Waals surface area (Å²) in [5.74, 6) is 4.15. The normalized spacial score (nSPS) is 27.1. The Morgan fingerprint density at radius 1 is 1.25 bits per heavy atom. The van der Waals surface area contributed by atoms with Crippen LogP contribution in [0.2, 0.25) is 0 Å². The van der Waals surface area contributed by atoms with Crippen LogP contribution in [0.5, 0.6) is 0 Å². The second-order valence-corrected chi connectivity index (χ2v) is 7.31. The van der Waals surface area contributed by atoms with Gasteiger partial charge in [-0.1, -0.05) is 32.9 Å². The summed E-state index contributed by atoms with van der Waals surface area (Å²) < 4.78 is 0. The van der Waals surface area contributed by atoms with Crippen molar-refractivity contribution in [2.24, 2.45) is 23.7 Å². The van der Waals surface area contributed by atoms with Crippen LogP contribution in [0.4, 0.5) is 5.69 Å². The van der Waals surface area contributed by atoms with Gasteiger partial charge in [0.1, 0.15) is 5.82 Å². The molecule has 1 aromatic heterocycles. The number of nitro benzene ring substituents is 1. The van der Waals surface area contributed by atoms with E-state index in [1.807, 2.05) is 0 Å². The molecule has 1 aliphatic rings. The first-order chi connectivity index (χ1) is 11.4. The molecule has 1 aliphatic carbocycles. The Balaban J connectivity index is 1.76. The van der Waals surface area contributed by atoms with Crippen molar-refractivity contribution in [2.75, 3.05) is 0 Å². The van der Waals surface area contributed by atoms with Crippen LogP contribution in [0.1, 0.15) is 39.4 Å². The molecule has 1 N–H and O–H groups in total. The van der Waals surface area contributed by atoms with E-state index in [1.165, 1.54) is 25.0 Å². The van der Waals surface area contributed by atoms with E-state index in [0.29, 0.717) is 29.1 Å². The second kappa shape index (κ2) is 6.71. The monoisotopic (exact) mass is 328 g/mol.